The zero-order chi connectivity index (χ0) is 14.9. The van der Waals surface area contributed by atoms with Crippen LogP contribution in [0.2, 0.25) is 0 Å². The number of hydrogen-bond donors (Lipinski definition) is 0. The maximum Gasteiger partial charge on any atom is 0.417 e. The summed E-state index contributed by atoms with van der Waals surface area (Å²) in [6.07, 6.45) is -4.55. The molecular weight excluding hydrogens is 333 g/mol. The van der Waals surface area contributed by atoms with Gasteiger partial charge in [-0.15, -0.1) is 0 Å². The summed E-state index contributed by atoms with van der Waals surface area (Å²) in [4.78, 5) is 12.4. The topological polar surface area (TPSA) is 17.1 Å². The maximum atomic E-state index is 12.9. The van der Waals surface area contributed by atoms with E-state index < -0.39 is 17.5 Å². The summed E-state index contributed by atoms with van der Waals surface area (Å²) >= 11 is 3.27. The molecule has 0 fully saturated rings. The lowest BCUT2D eigenvalue weighted by Gasteiger charge is -2.13. The minimum Gasteiger partial charge on any atom is -0.289 e. The molecule has 2 aromatic rings. The highest BCUT2D eigenvalue weighted by molar-refractivity contribution is 9.10. The fourth-order valence-corrected chi connectivity index (χ4v) is 2.29. The largest absolute Gasteiger partial charge is 0.417 e. The number of hydrogen-bond acceptors (Lipinski definition) is 1. The number of ketones is 1. The van der Waals surface area contributed by atoms with Gasteiger partial charge in [0.25, 0.3) is 0 Å². The van der Waals surface area contributed by atoms with Gasteiger partial charge in [0.2, 0.25) is 0 Å². The minimum absolute atomic E-state index is 0.260. The first-order valence-electron chi connectivity index (χ1n) is 5.78. The van der Waals surface area contributed by atoms with Crippen LogP contribution in [0.4, 0.5) is 13.2 Å². The van der Waals surface area contributed by atoms with Crippen LogP contribution in [0.1, 0.15) is 27.0 Å². The molecular formula is C15H10BrF3O. The molecule has 0 aliphatic heterocycles. The van der Waals surface area contributed by atoms with E-state index in [0.717, 1.165) is 6.07 Å². The number of alkyl halides is 3. The van der Waals surface area contributed by atoms with E-state index in [9.17, 15) is 18.0 Å². The van der Waals surface area contributed by atoms with E-state index in [-0.39, 0.29) is 11.1 Å². The molecule has 20 heavy (non-hydrogen) atoms. The summed E-state index contributed by atoms with van der Waals surface area (Å²) in [6.45, 7) is 1.69. The summed E-state index contributed by atoms with van der Waals surface area (Å²) in [5, 5.41) is 0. The molecule has 0 N–H and O–H groups in total. The van der Waals surface area contributed by atoms with E-state index >= 15 is 0 Å². The van der Waals surface area contributed by atoms with E-state index in [1.54, 1.807) is 19.1 Å². The third-order valence-electron chi connectivity index (χ3n) is 2.99. The van der Waals surface area contributed by atoms with E-state index in [0.29, 0.717) is 10.0 Å². The molecule has 5 heteroatoms. The van der Waals surface area contributed by atoms with E-state index in [1.807, 2.05) is 0 Å². The Hall–Kier alpha value is -1.62. The monoisotopic (exact) mass is 342 g/mol. The van der Waals surface area contributed by atoms with Crippen LogP contribution < -0.4 is 0 Å². The zero-order valence-electron chi connectivity index (χ0n) is 10.5. The highest BCUT2D eigenvalue weighted by atomic mass is 79.9. The zero-order valence-corrected chi connectivity index (χ0v) is 12.0. The molecule has 0 bridgehead atoms. The molecule has 0 aromatic heterocycles. The molecule has 2 aromatic carbocycles. The van der Waals surface area contributed by atoms with Crippen molar-refractivity contribution in [2.45, 2.75) is 13.1 Å². The maximum absolute atomic E-state index is 12.9. The van der Waals surface area contributed by atoms with E-state index in [2.05, 4.69) is 15.9 Å². The van der Waals surface area contributed by atoms with Crippen molar-refractivity contribution < 1.29 is 18.0 Å². The van der Waals surface area contributed by atoms with Crippen LogP contribution in [0, 0.1) is 6.92 Å². The molecule has 0 heterocycles. The molecule has 1 nitrogen and oxygen atoms in total. The molecule has 0 radical (unpaired) electrons. The Morgan fingerprint density at radius 3 is 2.25 bits per heavy atom. The van der Waals surface area contributed by atoms with Gasteiger partial charge in [0.05, 0.1) is 5.56 Å². The third kappa shape index (κ3) is 2.77. The molecule has 0 amide bonds. The van der Waals surface area contributed by atoms with Crippen molar-refractivity contribution in [2.75, 3.05) is 0 Å². The quantitative estimate of drug-likeness (QED) is 0.701. The molecule has 104 valence electrons. The number of carbonyl (C=O) groups is 1. The van der Waals surface area contributed by atoms with Crippen LogP contribution >= 0.6 is 15.9 Å². The van der Waals surface area contributed by atoms with Gasteiger partial charge in [-0.3, -0.25) is 4.79 Å². The van der Waals surface area contributed by atoms with Gasteiger partial charge >= 0.3 is 6.18 Å². The number of benzene rings is 2. The van der Waals surface area contributed by atoms with Gasteiger partial charge in [0, 0.05) is 15.6 Å². The van der Waals surface area contributed by atoms with Gasteiger partial charge < -0.3 is 0 Å². The summed E-state index contributed by atoms with van der Waals surface area (Å²) in [6, 6.07) is 9.70. The predicted molar refractivity (Wildman–Crippen MR) is 73.8 cm³/mol. The predicted octanol–water partition coefficient (Wildman–Crippen LogP) is 5.01. The smallest absolute Gasteiger partial charge is 0.289 e. The number of halogens is 4. The second-order valence-corrected chi connectivity index (χ2v) is 5.14. The fourth-order valence-electron chi connectivity index (χ4n) is 1.93. The van der Waals surface area contributed by atoms with Gasteiger partial charge in [0.15, 0.2) is 5.78 Å². The summed E-state index contributed by atoms with van der Waals surface area (Å²) < 4.78 is 39.5. The molecule has 0 saturated heterocycles. The number of rotatable bonds is 2. The lowest BCUT2D eigenvalue weighted by atomic mass is 9.95. The molecule has 2 rings (SSSR count). The van der Waals surface area contributed by atoms with Gasteiger partial charge in [-0.1, -0.05) is 46.3 Å². The van der Waals surface area contributed by atoms with Crippen molar-refractivity contribution in [3.05, 3.63) is 69.2 Å². The summed E-state index contributed by atoms with van der Waals surface area (Å²) in [5.74, 6) is -0.628. The standard InChI is InChI=1S/C15H10BrF3O/c1-9-10(6-4-8-13(9)16)14(20)11-5-2-3-7-12(11)15(17,18)19/h2-8H,1H3. The summed E-state index contributed by atoms with van der Waals surface area (Å²) in [5.41, 5.74) is -0.365. The first-order valence-corrected chi connectivity index (χ1v) is 6.57. The lowest BCUT2D eigenvalue weighted by molar-refractivity contribution is -0.137. The molecule has 0 unspecified atom stereocenters. The first-order chi connectivity index (χ1) is 9.32. The van der Waals surface area contributed by atoms with Crippen LogP contribution in [0.3, 0.4) is 0 Å². The number of carbonyl (C=O) groups excluding carboxylic acids is 1. The Labute approximate surface area is 122 Å². The van der Waals surface area contributed by atoms with Crippen LogP contribution in [0.15, 0.2) is 46.9 Å². The van der Waals surface area contributed by atoms with Crippen molar-refractivity contribution in [1.82, 2.24) is 0 Å². The Bertz CT molecular complexity index is 662. The van der Waals surface area contributed by atoms with Crippen molar-refractivity contribution in [1.29, 1.82) is 0 Å². The summed E-state index contributed by atoms with van der Waals surface area (Å²) in [7, 11) is 0. The van der Waals surface area contributed by atoms with Gasteiger partial charge in [-0.25, -0.2) is 0 Å². The van der Waals surface area contributed by atoms with Crippen LogP contribution in [0.25, 0.3) is 0 Å². The average Bonchev–Trinajstić information content (AvgIpc) is 2.40. The van der Waals surface area contributed by atoms with Gasteiger partial charge in [-0.05, 0) is 24.6 Å². The van der Waals surface area contributed by atoms with Gasteiger partial charge in [0.1, 0.15) is 0 Å². The van der Waals surface area contributed by atoms with Crippen molar-refractivity contribution >= 4 is 21.7 Å². The van der Waals surface area contributed by atoms with Crippen molar-refractivity contribution in [2.24, 2.45) is 0 Å². The second-order valence-electron chi connectivity index (χ2n) is 4.28. The second kappa shape index (κ2) is 5.40. The highest BCUT2D eigenvalue weighted by Crippen LogP contribution is 2.33. The fraction of sp³-hybridized carbons (Fsp3) is 0.133. The first kappa shape index (κ1) is 14.8. The third-order valence-corrected chi connectivity index (χ3v) is 3.85. The molecule has 0 atom stereocenters. The molecule has 0 spiro atoms. The lowest BCUT2D eigenvalue weighted by Crippen LogP contribution is -2.14. The molecule has 0 aliphatic rings. The average molecular weight is 343 g/mol. The normalized spacial score (nSPS) is 11.4. The van der Waals surface area contributed by atoms with Gasteiger partial charge in [-0.2, -0.15) is 13.2 Å². The molecule has 0 saturated carbocycles. The van der Waals surface area contributed by atoms with E-state index in [1.165, 1.54) is 24.3 Å². The molecule has 0 aliphatic carbocycles. The minimum atomic E-state index is -4.55. The van der Waals surface area contributed by atoms with Crippen molar-refractivity contribution in [3.63, 3.8) is 0 Å². The Kier molecular flexibility index (Phi) is 3.99. The van der Waals surface area contributed by atoms with Crippen LogP contribution in [-0.4, -0.2) is 5.78 Å². The SMILES string of the molecule is Cc1c(Br)cccc1C(=O)c1ccccc1C(F)(F)F. The Morgan fingerprint density at radius 2 is 1.60 bits per heavy atom. The van der Waals surface area contributed by atoms with Crippen molar-refractivity contribution in [3.8, 4) is 0 Å². The Morgan fingerprint density at radius 1 is 1.00 bits per heavy atom. The Balaban J connectivity index is 2.58. The van der Waals surface area contributed by atoms with Crippen LogP contribution in [-0.2, 0) is 6.18 Å². The van der Waals surface area contributed by atoms with E-state index in [4.69, 9.17) is 0 Å². The highest BCUT2D eigenvalue weighted by Gasteiger charge is 2.35. The van der Waals surface area contributed by atoms with Crippen LogP contribution in [0.5, 0.6) is 0 Å².